The van der Waals surface area contributed by atoms with E-state index in [-0.39, 0.29) is 5.91 Å². The lowest BCUT2D eigenvalue weighted by Crippen LogP contribution is -2.04. The van der Waals surface area contributed by atoms with Crippen LogP contribution in [0.25, 0.3) is 0 Å². The van der Waals surface area contributed by atoms with Crippen molar-refractivity contribution in [2.45, 2.75) is 6.92 Å². The second-order valence-electron chi connectivity index (χ2n) is 4.03. The third kappa shape index (κ3) is 3.07. The van der Waals surface area contributed by atoms with Gasteiger partial charge in [-0.25, -0.2) is 0 Å². The number of carbonyl (C=O) groups excluding carboxylic acids is 1. The molecule has 0 atom stereocenters. The Bertz CT molecular complexity index is 567. The summed E-state index contributed by atoms with van der Waals surface area (Å²) in [6.07, 6.45) is 3.79. The van der Waals surface area contributed by atoms with Crippen LogP contribution in [-0.4, -0.2) is 16.7 Å². The number of hydrogen-bond donors (Lipinski definition) is 1. The van der Waals surface area contributed by atoms with Crippen molar-refractivity contribution in [3.8, 4) is 0 Å². The van der Waals surface area contributed by atoms with Gasteiger partial charge < -0.3 is 9.88 Å². The zero-order valence-corrected chi connectivity index (χ0v) is 10.4. The molecule has 4 nitrogen and oxygen atoms in total. The number of nitrogens with zero attached hydrogens (tertiary/aromatic N) is 2. The van der Waals surface area contributed by atoms with Crippen molar-refractivity contribution >= 4 is 23.5 Å². The Balaban J connectivity index is 2.09. The van der Waals surface area contributed by atoms with E-state index < -0.39 is 0 Å². The van der Waals surface area contributed by atoms with Crippen molar-refractivity contribution in [2.24, 2.45) is 12.0 Å². The Morgan fingerprint density at radius 2 is 2.00 bits per heavy atom. The van der Waals surface area contributed by atoms with Crippen molar-refractivity contribution in [3.05, 3.63) is 48.3 Å². The SMILES string of the molecule is CC(=O)Nc1ccc(N=Cc2cccn2C)cc1. The number of carbonyl (C=O) groups is 1. The van der Waals surface area contributed by atoms with E-state index in [1.165, 1.54) is 6.92 Å². The first kappa shape index (κ1) is 12.1. The topological polar surface area (TPSA) is 46.4 Å². The maximum atomic E-state index is 10.9. The van der Waals surface area contributed by atoms with Crippen molar-refractivity contribution in [2.75, 3.05) is 5.32 Å². The van der Waals surface area contributed by atoms with E-state index in [1.54, 1.807) is 0 Å². The molecule has 0 aliphatic rings. The maximum absolute atomic E-state index is 10.9. The molecular weight excluding hydrogens is 226 g/mol. The lowest BCUT2D eigenvalue weighted by Gasteiger charge is -2.01. The molecule has 1 amide bonds. The van der Waals surface area contributed by atoms with Crippen molar-refractivity contribution < 1.29 is 4.79 Å². The van der Waals surface area contributed by atoms with Gasteiger partial charge >= 0.3 is 0 Å². The smallest absolute Gasteiger partial charge is 0.221 e. The second-order valence-corrected chi connectivity index (χ2v) is 4.03. The average molecular weight is 241 g/mol. The van der Waals surface area contributed by atoms with Crippen LogP contribution in [0.4, 0.5) is 11.4 Å². The summed E-state index contributed by atoms with van der Waals surface area (Å²) in [5.74, 6) is -0.0740. The quantitative estimate of drug-likeness (QED) is 0.825. The molecule has 1 heterocycles. The van der Waals surface area contributed by atoms with E-state index in [4.69, 9.17) is 0 Å². The van der Waals surface area contributed by atoms with E-state index in [1.807, 2.05) is 60.4 Å². The number of aromatic nitrogens is 1. The molecule has 2 rings (SSSR count). The molecule has 0 saturated heterocycles. The number of aryl methyl sites for hydroxylation is 1. The van der Waals surface area contributed by atoms with E-state index in [9.17, 15) is 4.79 Å². The Morgan fingerprint density at radius 3 is 2.56 bits per heavy atom. The molecule has 0 spiro atoms. The van der Waals surface area contributed by atoms with Crippen LogP contribution < -0.4 is 5.32 Å². The molecule has 1 aromatic heterocycles. The molecule has 18 heavy (non-hydrogen) atoms. The first-order valence-electron chi connectivity index (χ1n) is 5.68. The molecule has 0 aliphatic carbocycles. The van der Waals surface area contributed by atoms with E-state index in [0.717, 1.165) is 17.1 Å². The Kier molecular flexibility index (Phi) is 3.57. The van der Waals surface area contributed by atoms with Gasteiger partial charge in [-0.2, -0.15) is 0 Å². The van der Waals surface area contributed by atoms with Gasteiger partial charge in [-0.05, 0) is 36.4 Å². The number of rotatable bonds is 3. The number of benzene rings is 1. The van der Waals surface area contributed by atoms with Crippen LogP contribution in [0.3, 0.4) is 0 Å². The van der Waals surface area contributed by atoms with Gasteiger partial charge in [0.25, 0.3) is 0 Å². The number of nitrogens with one attached hydrogen (secondary N) is 1. The van der Waals surface area contributed by atoms with E-state index >= 15 is 0 Å². The van der Waals surface area contributed by atoms with Crippen LogP contribution in [0, 0.1) is 0 Å². The minimum atomic E-state index is -0.0740. The van der Waals surface area contributed by atoms with Gasteiger partial charge in [-0.1, -0.05) is 0 Å². The van der Waals surface area contributed by atoms with Gasteiger partial charge in [0.2, 0.25) is 5.91 Å². The van der Waals surface area contributed by atoms with E-state index in [0.29, 0.717) is 0 Å². The fourth-order valence-corrected chi connectivity index (χ4v) is 1.58. The van der Waals surface area contributed by atoms with Crippen molar-refractivity contribution in [3.63, 3.8) is 0 Å². The fourth-order valence-electron chi connectivity index (χ4n) is 1.58. The molecule has 0 unspecified atom stereocenters. The standard InChI is InChI=1S/C14H15N3O/c1-11(18)16-13-7-5-12(6-8-13)15-10-14-4-3-9-17(14)2/h3-10H,1-2H3,(H,16,18). The van der Waals surface area contributed by atoms with Crippen LogP contribution in [0.15, 0.2) is 47.6 Å². The highest BCUT2D eigenvalue weighted by Gasteiger charge is 1.95. The summed E-state index contributed by atoms with van der Waals surface area (Å²) in [7, 11) is 1.97. The fraction of sp³-hybridized carbons (Fsp3) is 0.143. The first-order chi connectivity index (χ1) is 8.65. The highest BCUT2D eigenvalue weighted by molar-refractivity contribution is 5.89. The number of aliphatic imine (C=N–C) groups is 1. The molecule has 1 N–H and O–H groups in total. The Hall–Kier alpha value is -2.36. The summed E-state index contributed by atoms with van der Waals surface area (Å²) >= 11 is 0. The molecular formula is C14H15N3O. The molecule has 2 aromatic rings. The van der Waals surface area contributed by atoms with Crippen molar-refractivity contribution in [1.82, 2.24) is 4.57 Å². The highest BCUT2D eigenvalue weighted by atomic mass is 16.1. The summed E-state index contributed by atoms with van der Waals surface area (Å²) < 4.78 is 2.00. The zero-order chi connectivity index (χ0) is 13.0. The number of anilines is 1. The summed E-state index contributed by atoms with van der Waals surface area (Å²) in [5, 5.41) is 2.72. The minimum Gasteiger partial charge on any atom is -0.350 e. The summed E-state index contributed by atoms with van der Waals surface area (Å²) in [5.41, 5.74) is 2.67. The van der Waals surface area contributed by atoms with Crippen LogP contribution in [-0.2, 0) is 11.8 Å². The lowest BCUT2D eigenvalue weighted by atomic mass is 10.3. The van der Waals surface area contributed by atoms with Gasteiger partial charge in [-0.3, -0.25) is 9.79 Å². The molecule has 92 valence electrons. The van der Waals surface area contributed by atoms with Crippen molar-refractivity contribution in [1.29, 1.82) is 0 Å². The predicted octanol–water partition coefficient (Wildman–Crippen LogP) is 2.73. The first-order valence-corrected chi connectivity index (χ1v) is 5.68. The Labute approximate surface area is 106 Å². The number of hydrogen-bond acceptors (Lipinski definition) is 2. The van der Waals surface area contributed by atoms with Gasteiger partial charge in [0, 0.05) is 25.9 Å². The molecule has 0 fully saturated rings. The predicted molar refractivity (Wildman–Crippen MR) is 73.4 cm³/mol. The molecule has 0 radical (unpaired) electrons. The number of amides is 1. The highest BCUT2D eigenvalue weighted by Crippen LogP contribution is 2.16. The molecule has 0 saturated carbocycles. The average Bonchev–Trinajstić information content (AvgIpc) is 2.73. The van der Waals surface area contributed by atoms with Gasteiger partial charge in [0.05, 0.1) is 17.6 Å². The monoisotopic (exact) mass is 241 g/mol. The van der Waals surface area contributed by atoms with Crippen LogP contribution in [0.1, 0.15) is 12.6 Å². The minimum absolute atomic E-state index is 0.0740. The largest absolute Gasteiger partial charge is 0.350 e. The summed E-state index contributed by atoms with van der Waals surface area (Å²) in [6, 6.07) is 11.4. The van der Waals surface area contributed by atoms with Crippen LogP contribution in [0.2, 0.25) is 0 Å². The summed E-state index contributed by atoms with van der Waals surface area (Å²) in [6.45, 7) is 1.49. The summed E-state index contributed by atoms with van der Waals surface area (Å²) in [4.78, 5) is 15.2. The normalized spacial score (nSPS) is 10.8. The third-order valence-electron chi connectivity index (χ3n) is 2.52. The molecule has 4 heteroatoms. The molecule has 1 aromatic carbocycles. The zero-order valence-electron chi connectivity index (χ0n) is 10.4. The maximum Gasteiger partial charge on any atom is 0.221 e. The van der Waals surface area contributed by atoms with E-state index in [2.05, 4.69) is 10.3 Å². The molecule has 0 bridgehead atoms. The van der Waals surface area contributed by atoms with Gasteiger partial charge in [-0.15, -0.1) is 0 Å². The third-order valence-corrected chi connectivity index (χ3v) is 2.52. The van der Waals surface area contributed by atoms with Gasteiger partial charge in [0.1, 0.15) is 0 Å². The molecule has 0 aliphatic heterocycles. The lowest BCUT2D eigenvalue weighted by molar-refractivity contribution is -0.114. The van der Waals surface area contributed by atoms with Crippen LogP contribution >= 0.6 is 0 Å². The van der Waals surface area contributed by atoms with Crippen LogP contribution in [0.5, 0.6) is 0 Å². The Morgan fingerprint density at radius 1 is 1.28 bits per heavy atom. The van der Waals surface area contributed by atoms with Gasteiger partial charge in [0.15, 0.2) is 0 Å². The second kappa shape index (κ2) is 5.31.